The molecule has 3 N–H and O–H groups in total. The summed E-state index contributed by atoms with van der Waals surface area (Å²) in [4.78, 5) is 1.56. The van der Waals surface area contributed by atoms with Crippen LogP contribution in [0.5, 0.6) is 5.75 Å². The van der Waals surface area contributed by atoms with Crippen LogP contribution >= 0.6 is 12.2 Å². The van der Waals surface area contributed by atoms with Crippen molar-refractivity contribution in [1.82, 2.24) is 0 Å². The van der Waals surface area contributed by atoms with Crippen LogP contribution in [0.3, 0.4) is 0 Å². The first-order chi connectivity index (χ1) is 12.2. The van der Waals surface area contributed by atoms with Crippen molar-refractivity contribution >= 4 is 38.5 Å². The Morgan fingerprint density at radius 2 is 1.88 bits per heavy atom. The number of aliphatic hydroxyl groups excluding tert-OH is 1. The molecule has 1 fully saturated rings. The van der Waals surface area contributed by atoms with Crippen molar-refractivity contribution in [2.24, 2.45) is 0 Å². The van der Waals surface area contributed by atoms with Crippen LogP contribution in [-0.2, 0) is 9.84 Å². The van der Waals surface area contributed by atoms with Gasteiger partial charge in [-0.1, -0.05) is 23.8 Å². The average molecular weight is 393 g/mol. The van der Waals surface area contributed by atoms with Crippen LogP contribution in [0.2, 0.25) is 0 Å². The van der Waals surface area contributed by atoms with Gasteiger partial charge in [-0.25, -0.2) is 8.42 Å². The molecule has 0 unspecified atom stereocenters. The lowest BCUT2D eigenvalue weighted by atomic mass is 10.1. The third-order valence-electron chi connectivity index (χ3n) is 4.25. The highest BCUT2D eigenvalue weighted by Crippen LogP contribution is 2.28. The number of aliphatic hydroxyl groups is 1. The standard InChI is InChI=1S/C18H20N2O4S2/c1-12-5-7-13(8-6-12)19-18(25)20(14-3-2-4-15(21)9-14)16-10-26(23,24)11-17(16)22/h2-9,16-17,21-22H,10-11H2,1H3,(H,19,25)/t16-,17+/m1/s1. The number of phenolic OH excluding ortho intramolecular Hbond substituents is 1. The van der Waals surface area contributed by atoms with Gasteiger partial charge in [-0.2, -0.15) is 0 Å². The minimum Gasteiger partial charge on any atom is -0.508 e. The number of nitrogens with one attached hydrogen (secondary N) is 1. The van der Waals surface area contributed by atoms with Crippen LogP contribution in [0.25, 0.3) is 0 Å². The van der Waals surface area contributed by atoms with Crippen molar-refractivity contribution in [1.29, 1.82) is 0 Å². The number of aryl methyl sites for hydroxylation is 1. The van der Waals surface area contributed by atoms with Crippen molar-refractivity contribution in [3.8, 4) is 5.75 Å². The summed E-state index contributed by atoms with van der Waals surface area (Å²) in [5.74, 6) is -0.486. The van der Waals surface area contributed by atoms with Gasteiger partial charge in [0.15, 0.2) is 14.9 Å². The Hall–Kier alpha value is -2.16. The molecule has 1 aliphatic heterocycles. The van der Waals surface area contributed by atoms with Crippen molar-refractivity contribution < 1.29 is 18.6 Å². The zero-order valence-corrected chi connectivity index (χ0v) is 15.8. The van der Waals surface area contributed by atoms with Gasteiger partial charge in [-0.05, 0) is 43.4 Å². The van der Waals surface area contributed by atoms with Crippen LogP contribution in [0, 0.1) is 6.92 Å². The fraction of sp³-hybridized carbons (Fsp3) is 0.278. The SMILES string of the molecule is Cc1ccc(NC(=S)N(c2cccc(O)c2)[C@@H]2CS(=O)(=O)C[C@@H]2O)cc1. The molecule has 1 saturated heterocycles. The summed E-state index contributed by atoms with van der Waals surface area (Å²) in [7, 11) is -3.36. The van der Waals surface area contributed by atoms with E-state index < -0.39 is 22.0 Å². The molecule has 6 nitrogen and oxygen atoms in total. The molecule has 26 heavy (non-hydrogen) atoms. The molecule has 3 rings (SSSR count). The van der Waals surface area contributed by atoms with Crippen LogP contribution in [0.4, 0.5) is 11.4 Å². The van der Waals surface area contributed by atoms with E-state index in [1.165, 1.54) is 12.1 Å². The molecule has 2 atom stereocenters. The van der Waals surface area contributed by atoms with Crippen LogP contribution in [-0.4, -0.2) is 47.4 Å². The predicted octanol–water partition coefficient (Wildman–Crippen LogP) is 2.06. The number of sulfone groups is 1. The van der Waals surface area contributed by atoms with Crippen LogP contribution < -0.4 is 10.2 Å². The van der Waals surface area contributed by atoms with E-state index in [0.29, 0.717) is 5.69 Å². The Bertz CT molecular complexity index is 913. The Morgan fingerprint density at radius 3 is 2.46 bits per heavy atom. The summed E-state index contributed by atoms with van der Waals surface area (Å²) in [6, 6.07) is 13.2. The minimum absolute atomic E-state index is 0.0287. The van der Waals surface area contributed by atoms with Gasteiger partial charge in [0.2, 0.25) is 0 Å². The molecule has 0 radical (unpaired) electrons. The lowest BCUT2D eigenvalue weighted by Gasteiger charge is -2.33. The van der Waals surface area contributed by atoms with Crippen molar-refractivity contribution in [3.63, 3.8) is 0 Å². The molecule has 1 heterocycles. The summed E-state index contributed by atoms with van der Waals surface area (Å²) in [6.45, 7) is 1.97. The van der Waals surface area contributed by atoms with Gasteiger partial charge in [0, 0.05) is 17.4 Å². The first-order valence-electron chi connectivity index (χ1n) is 8.09. The maximum atomic E-state index is 12.0. The molecule has 1 aliphatic rings. The maximum absolute atomic E-state index is 12.0. The zero-order chi connectivity index (χ0) is 18.9. The normalized spacial score (nSPS) is 21.3. The Balaban J connectivity index is 1.95. The molecule has 2 aromatic rings. The largest absolute Gasteiger partial charge is 0.508 e. The monoisotopic (exact) mass is 392 g/mol. The molecular formula is C18H20N2O4S2. The van der Waals surface area contributed by atoms with Gasteiger partial charge in [0.05, 0.1) is 23.7 Å². The molecule has 2 aromatic carbocycles. The minimum atomic E-state index is -3.36. The van der Waals surface area contributed by atoms with Gasteiger partial charge < -0.3 is 20.4 Å². The zero-order valence-electron chi connectivity index (χ0n) is 14.2. The maximum Gasteiger partial charge on any atom is 0.178 e. The summed E-state index contributed by atoms with van der Waals surface area (Å²) in [5, 5.41) is 23.4. The number of hydrogen-bond acceptors (Lipinski definition) is 5. The van der Waals surface area contributed by atoms with E-state index in [2.05, 4.69) is 5.32 Å². The predicted molar refractivity (Wildman–Crippen MR) is 106 cm³/mol. The smallest absolute Gasteiger partial charge is 0.178 e. The second-order valence-electron chi connectivity index (χ2n) is 6.40. The average Bonchev–Trinajstić information content (AvgIpc) is 2.82. The molecule has 0 amide bonds. The Morgan fingerprint density at radius 1 is 1.19 bits per heavy atom. The molecule has 0 saturated carbocycles. The molecule has 0 bridgehead atoms. The summed E-state index contributed by atoms with van der Waals surface area (Å²) >= 11 is 5.51. The van der Waals surface area contributed by atoms with E-state index in [9.17, 15) is 18.6 Å². The van der Waals surface area contributed by atoms with E-state index in [0.717, 1.165) is 11.3 Å². The third kappa shape index (κ3) is 4.14. The number of nitrogens with zero attached hydrogens (tertiary/aromatic N) is 1. The van der Waals surface area contributed by atoms with E-state index >= 15 is 0 Å². The Kier molecular flexibility index (Phi) is 5.17. The number of hydrogen-bond donors (Lipinski definition) is 3. The van der Waals surface area contributed by atoms with E-state index in [4.69, 9.17) is 12.2 Å². The number of phenols is 1. The lowest BCUT2D eigenvalue weighted by Crippen LogP contribution is -2.48. The Labute approximate surface area is 158 Å². The molecule has 0 aliphatic carbocycles. The number of benzene rings is 2. The molecule has 8 heteroatoms. The highest BCUT2D eigenvalue weighted by Gasteiger charge is 2.41. The van der Waals surface area contributed by atoms with E-state index in [-0.39, 0.29) is 22.4 Å². The van der Waals surface area contributed by atoms with E-state index in [1.54, 1.807) is 17.0 Å². The van der Waals surface area contributed by atoms with Gasteiger partial charge in [-0.15, -0.1) is 0 Å². The van der Waals surface area contributed by atoms with Crippen molar-refractivity contribution in [2.75, 3.05) is 21.7 Å². The number of aromatic hydroxyl groups is 1. The highest BCUT2D eigenvalue weighted by atomic mass is 32.2. The first-order valence-corrected chi connectivity index (χ1v) is 10.3. The highest BCUT2D eigenvalue weighted by molar-refractivity contribution is 7.91. The van der Waals surface area contributed by atoms with Gasteiger partial charge in [0.25, 0.3) is 0 Å². The van der Waals surface area contributed by atoms with Gasteiger partial charge in [0.1, 0.15) is 5.75 Å². The number of anilines is 2. The number of thiocarbonyl (C=S) groups is 1. The first kappa shape index (κ1) is 18.6. The van der Waals surface area contributed by atoms with Crippen LogP contribution in [0.1, 0.15) is 5.56 Å². The lowest BCUT2D eigenvalue weighted by molar-refractivity contribution is 0.184. The fourth-order valence-corrected chi connectivity index (χ4v) is 5.11. The van der Waals surface area contributed by atoms with Crippen molar-refractivity contribution in [3.05, 3.63) is 54.1 Å². The van der Waals surface area contributed by atoms with Gasteiger partial charge >= 0.3 is 0 Å². The van der Waals surface area contributed by atoms with Gasteiger partial charge in [-0.3, -0.25) is 0 Å². The fourth-order valence-electron chi connectivity index (χ4n) is 2.98. The second kappa shape index (κ2) is 7.22. The molecule has 138 valence electrons. The third-order valence-corrected chi connectivity index (χ3v) is 6.25. The summed E-state index contributed by atoms with van der Waals surface area (Å²) in [6.07, 6.45) is -1.07. The molecule has 0 aromatic heterocycles. The topological polar surface area (TPSA) is 89.9 Å². The second-order valence-corrected chi connectivity index (χ2v) is 8.94. The quantitative estimate of drug-likeness (QED) is 0.689. The molecule has 0 spiro atoms. The summed E-state index contributed by atoms with van der Waals surface area (Å²) < 4.78 is 23.9. The summed E-state index contributed by atoms with van der Waals surface area (Å²) in [5.41, 5.74) is 2.36. The van der Waals surface area contributed by atoms with Crippen LogP contribution in [0.15, 0.2) is 48.5 Å². The van der Waals surface area contributed by atoms with Crippen molar-refractivity contribution in [2.45, 2.75) is 19.1 Å². The van der Waals surface area contributed by atoms with E-state index in [1.807, 2.05) is 31.2 Å². The molecular weight excluding hydrogens is 372 g/mol. The number of rotatable bonds is 3.